The molecule has 0 aromatic heterocycles. The Kier molecular flexibility index (Phi) is 84.8. The maximum atomic E-state index is 11.7. The predicted octanol–water partition coefficient (Wildman–Crippen LogP) is 10.7. The lowest BCUT2D eigenvalue weighted by atomic mass is 9.91. The number of hydrogen-bond acceptors (Lipinski definition) is 34. The fourth-order valence-corrected chi connectivity index (χ4v) is 7.72. The van der Waals surface area contributed by atoms with Gasteiger partial charge in [0.2, 0.25) is 29.4 Å². The molecular formula is C91H168N5O41P3. The van der Waals surface area contributed by atoms with Crippen molar-refractivity contribution in [2.75, 3.05) is 133 Å². The topological polar surface area (TPSA) is 664 Å². The van der Waals surface area contributed by atoms with Gasteiger partial charge in [0.05, 0.1) is 84.9 Å². The summed E-state index contributed by atoms with van der Waals surface area (Å²) in [6.07, 6.45) is 5.53. The van der Waals surface area contributed by atoms with Crippen molar-refractivity contribution in [1.29, 1.82) is 0 Å². The number of aliphatic carboxylic acids is 1. The van der Waals surface area contributed by atoms with Gasteiger partial charge in [-0.15, -0.1) is 0 Å². The van der Waals surface area contributed by atoms with Gasteiger partial charge in [0, 0.05) is 61.9 Å². The predicted molar refractivity (Wildman–Crippen MR) is 515 cm³/mol. The molecular weight excluding hydrogens is 1910 g/mol. The normalized spacial score (nSPS) is 11.7. The van der Waals surface area contributed by atoms with Crippen LogP contribution >= 0.6 is 23.5 Å². The van der Waals surface area contributed by atoms with Crippen LogP contribution in [-0.4, -0.2) is 273 Å². The molecule has 0 bridgehead atoms. The minimum atomic E-state index is -4.46. The number of nitrogens with zero attached hydrogens (tertiary/aromatic N) is 1. The zero-order valence-electron chi connectivity index (χ0n) is 88.2. The monoisotopic (exact) mass is 2080 g/mol. The second-order valence-electron chi connectivity index (χ2n) is 34.7. The van der Waals surface area contributed by atoms with E-state index in [2.05, 4.69) is 59.3 Å². The maximum absolute atomic E-state index is 11.7. The highest BCUT2D eigenvalue weighted by molar-refractivity contribution is 7.46. The summed E-state index contributed by atoms with van der Waals surface area (Å²) >= 11 is 0. The summed E-state index contributed by atoms with van der Waals surface area (Å²) in [4.78, 5) is 242. The second-order valence-corrected chi connectivity index (χ2v) is 38.4. The van der Waals surface area contributed by atoms with Crippen molar-refractivity contribution in [2.24, 2.45) is 50.2 Å². The van der Waals surface area contributed by atoms with Crippen molar-refractivity contribution in [2.45, 2.75) is 264 Å². The van der Waals surface area contributed by atoms with Crippen LogP contribution in [0.5, 0.6) is 0 Å². The first kappa shape index (κ1) is 148. The lowest BCUT2D eigenvalue weighted by Gasteiger charge is -2.20. The molecule has 11 N–H and O–H groups in total. The van der Waals surface area contributed by atoms with Gasteiger partial charge in [0.15, 0.2) is 0 Å². The average Bonchev–Trinajstić information content (AvgIpc) is 0.905. The van der Waals surface area contributed by atoms with Crippen molar-refractivity contribution in [1.82, 2.24) is 26.2 Å². The molecule has 0 aromatic carbocycles. The van der Waals surface area contributed by atoms with Crippen LogP contribution in [-0.2, 0) is 156 Å². The van der Waals surface area contributed by atoms with E-state index in [4.69, 9.17) is 81.8 Å². The lowest BCUT2D eigenvalue weighted by molar-refractivity contribution is -0.159. The highest BCUT2D eigenvalue weighted by Gasteiger charge is 2.32. The maximum Gasteiger partial charge on any atom is 0.469 e. The van der Waals surface area contributed by atoms with Gasteiger partial charge in [0.1, 0.15) is 72.7 Å². The van der Waals surface area contributed by atoms with Crippen molar-refractivity contribution in [3.8, 4) is 0 Å². The van der Waals surface area contributed by atoms with Crippen molar-refractivity contribution in [3.05, 3.63) is 36.5 Å². The van der Waals surface area contributed by atoms with E-state index in [0.717, 1.165) is 26.2 Å². The van der Waals surface area contributed by atoms with Gasteiger partial charge < -0.3 is 113 Å². The van der Waals surface area contributed by atoms with E-state index in [0.29, 0.717) is 62.8 Å². The number of rotatable bonds is 55. The molecule has 49 heteroatoms. The Morgan fingerprint density at radius 2 is 0.550 bits per heavy atom. The molecule has 3 atom stereocenters. The molecule has 46 nitrogen and oxygen atoms in total. The number of hydrogen-bond donors (Lipinski definition) is 11. The molecule has 0 aliphatic rings. The number of esters is 10. The lowest BCUT2D eigenvalue weighted by Crippen LogP contribution is -2.32. The molecule has 0 heterocycles. The third-order valence-electron chi connectivity index (χ3n) is 19.5. The minimum Gasteiger partial charge on any atom is -0.481 e. The molecule has 140 heavy (non-hydrogen) atoms. The molecule has 0 saturated carbocycles. The van der Waals surface area contributed by atoms with Crippen molar-refractivity contribution in [3.63, 3.8) is 0 Å². The molecule has 3 unspecified atom stereocenters. The van der Waals surface area contributed by atoms with Crippen LogP contribution in [0, 0.1) is 50.2 Å². The number of phosphoric acid groups is 3. The number of Topliss-reactive ketones (excluding diaryl/α,β-unsaturated/α-hetero) is 1. The second kappa shape index (κ2) is 80.0. The van der Waals surface area contributed by atoms with Crippen LogP contribution in [0.1, 0.15) is 264 Å². The van der Waals surface area contributed by atoms with Crippen LogP contribution in [0.4, 0.5) is 4.79 Å². The minimum absolute atomic E-state index is 0.00171. The van der Waals surface area contributed by atoms with Gasteiger partial charge in [-0.3, -0.25) is 71.1 Å². The van der Waals surface area contributed by atoms with E-state index in [-0.39, 0.29) is 177 Å². The van der Waals surface area contributed by atoms with Gasteiger partial charge in [-0.25, -0.2) is 37.7 Å². The molecule has 0 radical (unpaired) electrons. The highest BCUT2D eigenvalue weighted by Crippen LogP contribution is 2.37. The Morgan fingerprint density at radius 1 is 0.314 bits per heavy atom. The number of carbonyl (C=O) groups is 17. The standard InChI is InChI=1S/C18H29NO7.C14H23NO7.2C11H19NO3.3C8H17O6P.C7H15NO.C6H12O2/c1-6-18(4,5)17(23)26-12-11-24-15(21)8-7-14(20)19-9-10-25-16(22)13(2)3;1-5-14(3,4)12(18)21-8-9-22-13(19)15-6-7-20-11(17)10(2)16;2*1-5-9(4)10(13)12-6-7-15-11(14)8(2)3;3*1-4-8(2,3)7(9)13-5-6-14-15(10,11)12;1-5-6(2)7(9)8(3)4;1-4-6(2,3)5(7)8/h2,6-12H2,1,3-5H3,(H,19,20);5-9H2,1-4H3,(H,15,19);2*9H,2,5-7H2,1,3-4H3,(H,12,13);3*4-6H2,1-3H3,(H2,10,11,12);6H,5H2,1-4H3;4H2,1-3H3,(H,7,8). The van der Waals surface area contributed by atoms with E-state index in [1.807, 2.05) is 83.1 Å². The van der Waals surface area contributed by atoms with Gasteiger partial charge in [0.25, 0.3) is 0 Å². The van der Waals surface area contributed by atoms with Gasteiger partial charge in [-0.05, 0) is 162 Å². The average molecular weight is 2080 g/mol. The molecule has 5 amide bonds. The largest absolute Gasteiger partial charge is 0.481 e. The number of carbonyl (C=O) groups excluding carboxylic acids is 16. The van der Waals surface area contributed by atoms with Crippen molar-refractivity contribution >= 4 is 125 Å². The number of nitrogens with one attached hydrogen (secondary N) is 4. The third kappa shape index (κ3) is 88.7. The Balaban J connectivity index is -0.000000200. The number of amides is 5. The van der Waals surface area contributed by atoms with Crippen molar-refractivity contribution < 1.29 is 195 Å². The van der Waals surface area contributed by atoms with Crippen LogP contribution in [0.2, 0.25) is 0 Å². The summed E-state index contributed by atoms with van der Waals surface area (Å²) in [7, 11) is -9.82. The highest BCUT2D eigenvalue weighted by atomic mass is 31.2. The Labute approximate surface area is 826 Å². The quantitative estimate of drug-likeness (QED) is 0.00673. The van der Waals surface area contributed by atoms with E-state index in [1.54, 1.807) is 116 Å². The Hall–Kier alpha value is -9.46. The number of phosphoric ester groups is 3. The number of ketones is 1. The van der Waals surface area contributed by atoms with Crippen LogP contribution in [0.3, 0.4) is 0 Å². The number of ether oxygens (including phenoxy) is 11. The summed E-state index contributed by atoms with van der Waals surface area (Å²) in [5, 5.41) is 18.6. The third-order valence-corrected chi connectivity index (χ3v) is 21.1. The van der Waals surface area contributed by atoms with Gasteiger partial charge in [-0.2, -0.15) is 0 Å². The number of carboxylic acids is 1. The zero-order valence-corrected chi connectivity index (χ0v) is 90.8. The number of carboxylic acid groups (broad SMARTS) is 1. The van der Waals surface area contributed by atoms with Crippen LogP contribution in [0.25, 0.3) is 0 Å². The summed E-state index contributed by atoms with van der Waals surface area (Å²) in [5.41, 5.74) is -2.41. The SMILES string of the molecule is C=C(C)C(=O)OCCNC(=O)C(C)CC.C=C(C)C(=O)OCCNC(=O)C(C)CC.C=C(C)C(=O)OCCNC(=O)CCC(=O)OCCOC(=O)C(C)(C)CC.CCC(C)(C)C(=O)O.CCC(C)(C)C(=O)OCCOC(=O)NCCOC(=O)C(C)=O.CCC(C)(C)C(=O)OCCOP(=O)(O)O.CCC(C)(C)C(=O)OCCOP(=O)(O)O.CCC(C)(C)C(=O)OCCOP(=O)(O)O.CCC(C)C(=O)N(C)C. The first-order valence-electron chi connectivity index (χ1n) is 45.4. The summed E-state index contributed by atoms with van der Waals surface area (Å²) < 4.78 is 96.1. The molecule has 0 aliphatic heterocycles. The van der Waals surface area contributed by atoms with E-state index in [1.165, 1.54) is 6.92 Å². The summed E-state index contributed by atoms with van der Waals surface area (Å²) in [6, 6.07) is 0. The molecule has 0 rings (SSSR count). The Bertz CT molecular complexity index is 3740. The molecule has 0 spiro atoms. The van der Waals surface area contributed by atoms with Crippen LogP contribution < -0.4 is 21.3 Å². The van der Waals surface area contributed by atoms with Gasteiger partial charge >= 0.3 is 95.2 Å². The molecule has 0 fully saturated rings. The van der Waals surface area contributed by atoms with Crippen LogP contribution in [0.15, 0.2) is 36.5 Å². The van der Waals surface area contributed by atoms with E-state index in [9.17, 15) is 95.2 Å². The first-order valence-corrected chi connectivity index (χ1v) is 50.0. The molecule has 0 aliphatic carbocycles. The smallest absolute Gasteiger partial charge is 0.469 e. The molecule has 0 saturated heterocycles. The molecule has 818 valence electrons. The fourth-order valence-electron chi connectivity index (χ4n) is 6.78. The fraction of sp³-hybridized carbons (Fsp3) is 0.747. The zero-order chi connectivity index (χ0) is 112. The summed E-state index contributed by atoms with van der Waals surface area (Å²) in [5.74, 6) is -6.19. The van der Waals surface area contributed by atoms with Gasteiger partial charge in [-0.1, -0.05) is 103 Å². The Morgan fingerprint density at radius 3 is 0.764 bits per heavy atom. The van der Waals surface area contributed by atoms with E-state index < -0.39 is 122 Å². The summed E-state index contributed by atoms with van der Waals surface area (Å²) in [6.45, 7) is 59.4. The molecule has 0 aromatic rings. The number of alkyl carbamates (subject to hydrolysis) is 1. The first-order chi connectivity index (χ1) is 63.9. The van der Waals surface area contributed by atoms with E-state index >= 15 is 0 Å².